The molecular formula is C20H16N4O4S. The smallest absolute Gasteiger partial charge is 0.269 e. The van der Waals surface area contributed by atoms with Crippen LogP contribution in [0.25, 0.3) is 11.3 Å². The van der Waals surface area contributed by atoms with Gasteiger partial charge in [-0.05, 0) is 24.3 Å². The molecule has 2 aromatic carbocycles. The molecule has 1 N–H and O–H groups in total. The Balaban J connectivity index is 1.42. The van der Waals surface area contributed by atoms with Crippen LogP contribution in [0.1, 0.15) is 6.42 Å². The molecule has 146 valence electrons. The summed E-state index contributed by atoms with van der Waals surface area (Å²) in [5, 5.41) is 15.7. The average Bonchev–Trinajstić information content (AvgIpc) is 3.35. The van der Waals surface area contributed by atoms with Crippen molar-refractivity contribution < 1.29 is 14.5 Å². The number of thiazole rings is 1. The molecule has 1 fully saturated rings. The Morgan fingerprint density at radius 3 is 2.59 bits per heavy atom. The van der Waals surface area contributed by atoms with Crippen LogP contribution in [-0.4, -0.2) is 28.3 Å². The van der Waals surface area contributed by atoms with Gasteiger partial charge in [0.1, 0.15) is 0 Å². The van der Waals surface area contributed by atoms with E-state index in [1.807, 2.05) is 30.3 Å². The summed E-state index contributed by atoms with van der Waals surface area (Å²) < 4.78 is 0. The first-order valence-corrected chi connectivity index (χ1v) is 9.76. The van der Waals surface area contributed by atoms with Crippen LogP contribution >= 0.6 is 11.3 Å². The predicted molar refractivity (Wildman–Crippen MR) is 110 cm³/mol. The zero-order valence-electron chi connectivity index (χ0n) is 15.1. The first-order chi connectivity index (χ1) is 14.0. The number of nitro groups is 1. The maximum atomic E-state index is 12.6. The minimum absolute atomic E-state index is 0.00590. The molecule has 8 nitrogen and oxygen atoms in total. The highest BCUT2D eigenvalue weighted by molar-refractivity contribution is 7.14. The quantitative estimate of drug-likeness (QED) is 0.512. The fourth-order valence-corrected chi connectivity index (χ4v) is 3.89. The SMILES string of the molecule is O=C(Nc1nc(-c2ccc([N+](=O)[O-])cc2)cs1)C1CC(=O)N(c2ccccc2)C1. The molecule has 29 heavy (non-hydrogen) atoms. The Hall–Kier alpha value is -3.59. The van der Waals surface area contributed by atoms with Crippen LogP contribution in [0.2, 0.25) is 0 Å². The summed E-state index contributed by atoms with van der Waals surface area (Å²) in [4.78, 5) is 41.2. The van der Waals surface area contributed by atoms with Crippen LogP contribution in [0.15, 0.2) is 60.0 Å². The topological polar surface area (TPSA) is 105 Å². The summed E-state index contributed by atoms with van der Waals surface area (Å²) in [6, 6.07) is 15.3. The molecule has 0 bridgehead atoms. The number of benzene rings is 2. The molecule has 1 aliphatic heterocycles. The number of anilines is 2. The monoisotopic (exact) mass is 408 g/mol. The molecule has 1 saturated heterocycles. The molecular weight excluding hydrogens is 392 g/mol. The summed E-state index contributed by atoms with van der Waals surface area (Å²) in [5.74, 6) is -0.780. The highest BCUT2D eigenvalue weighted by Crippen LogP contribution is 2.29. The van der Waals surface area contributed by atoms with Gasteiger partial charge >= 0.3 is 0 Å². The Kier molecular flexibility index (Phi) is 5.05. The third-order valence-electron chi connectivity index (χ3n) is 4.67. The zero-order valence-corrected chi connectivity index (χ0v) is 16.0. The highest BCUT2D eigenvalue weighted by Gasteiger charge is 2.35. The average molecular weight is 408 g/mol. The molecule has 1 unspecified atom stereocenters. The van der Waals surface area contributed by atoms with Crippen molar-refractivity contribution in [3.8, 4) is 11.3 Å². The van der Waals surface area contributed by atoms with Crippen molar-refractivity contribution in [3.63, 3.8) is 0 Å². The Bertz CT molecular complexity index is 1070. The Morgan fingerprint density at radius 1 is 1.17 bits per heavy atom. The Labute approximate surface area is 170 Å². The molecule has 0 aliphatic carbocycles. The van der Waals surface area contributed by atoms with Crippen molar-refractivity contribution in [3.05, 3.63) is 70.1 Å². The minimum Gasteiger partial charge on any atom is -0.312 e. The fraction of sp³-hybridized carbons (Fsp3) is 0.150. The lowest BCUT2D eigenvalue weighted by Crippen LogP contribution is -2.28. The number of hydrogen-bond donors (Lipinski definition) is 1. The molecule has 1 aliphatic rings. The minimum atomic E-state index is -0.460. The van der Waals surface area contributed by atoms with Gasteiger partial charge in [0.25, 0.3) is 5.69 Å². The van der Waals surface area contributed by atoms with Gasteiger partial charge in [0.05, 0.1) is 16.5 Å². The second-order valence-electron chi connectivity index (χ2n) is 6.57. The molecule has 0 saturated carbocycles. The van der Waals surface area contributed by atoms with Gasteiger partial charge in [-0.1, -0.05) is 18.2 Å². The van der Waals surface area contributed by atoms with Crippen LogP contribution < -0.4 is 10.2 Å². The number of aromatic nitrogens is 1. The maximum absolute atomic E-state index is 12.6. The molecule has 0 radical (unpaired) electrons. The Morgan fingerprint density at radius 2 is 1.90 bits per heavy atom. The number of nitro benzene ring substituents is 1. The van der Waals surface area contributed by atoms with Crippen LogP contribution in [0.3, 0.4) is 0 Å². The van der Waals surface area contributed by atoms with E-state index in [1.54, 1.807) is 22.4 Å². The summed E-state index contributed by atoms with van der Waals surface area (Å²) in [6.07, 6.45) is 0.154. The number of carbonyl (C=O) groups excluding carboxylic acids is 2. The number of nitrogens with one attached hydrogen (secondary N) is 1. The summed E-state index contributed by atoms with van der Waals surface area (Å²) in [6.45, 7) is 0.329. The first kappa shape index (κ1) is 18.8. The summed E-state index contributed by atoms with van der Waals surface area (Å²) in [5.41, 5.74) is 2.13. The second-order valence-corrected chi connectivity index (χ2v) is 7.43. The van der Waals surface area contributed by atoms with Gasteiger partial charge in [-0.2, -0.15) is 0 Å². The molecule has 9 heteroatoms. The van der Waals surface area contributed by atoms with Crippen LogP contribution in [-0.2, 0) is 9.59 Å². The number of amides is 2. The lowest BCUT2D eigenvalue weighted by atomic mass is 10.1. The third kappa shape index (κ3) is 3.99. The molecule has 2 amide bonds. The van der Waals surface area contributed by atoms with Gasteiger partial charge in [0.2, 0.25) is 11.8 Å². The number of nitrogens with zero attached hydrogens (tertiary/aromatic N) is 3. The summed E-state index contributed by atoms with van der Waals surface area (Å²) >= 11 is 1.26. The standard InChI is InChI=1S/C20H16N4O4S/c25-18-10-14(11-23(18)15-4-2-1-3-5-15)19(26)22-20-21-17(12-29-20)13-6-8-16(9-7-13)24(27)28/h1-9,12,14H,10-11H2,(H,21,22,26). The van der Waals surface area contributed by atoms with E-state index in [-0.39, 0.29) is 23.9 Å². The van der Waals surface area contributed by atoms with Crippen molar-refractivity contribution in [1.29, 1.82) is 0 Å². The van der Waals surface area contributed by atoms with E-state index in [0.29, 0.717) is 17.4 Å². The third-order valence-corrected chi connectivity index (χ3v) is 5.43. The number of para-hydroxylation sites is 1. The van der Waals surface area contributed by atoms with E-state index in [2.05, 4.69) is 10.3 Å². The van der Waals surface area contributed by atoms with E-state index in [4.69, 9.17) is 0 Å². The van der Waals surface area contributed by atoms with Gasteiger partial charge in [-0.15, -0.1) is 11.3 Å². The van der Waals surface area contributed by atoms with E-state index < -0.39 is 10.8 Å². The number of non-ortho nitro benzene ring substituents is 1. The lowest BCUT2D eigenvalue weighted by molar-refractivity contribution is -0.384. The van der Waals surface area contributed by atoms with E-state index in [1.165, 1.54) is 23.5 Å². The molecule has 1 aromatic heterocycles. The number of carbonyl (C=O) groups is 2. The van der Waals surface area contributed by atoms with Crippen molar-refractivity contribution >= 4 is 39.7 Å². The van der Waals surface area contributed by atoms with Crippen molar-refractivity contribution in [2.45, 2.75) is 6.42 Å². The fourth-order valence-electron chi connectivity index (χ4n) is 3.17. The van der Waals surface area contributed by atoms with Gasteiger partial charge in [-0.25, -0.2) is 4.98 Å². The lowest BCUT2D eigenvalue weighted by Gasteiger charge is -2.16. The molecule has 0 spiro atoms. The van der Waals surface area contributed by atoms with Gasteiger partial charge < -0.3 is 10.2 Å². The van der Waals surface area contributed by atoms with Gasteiger partial charge in [-0.3, -0.25) is 19.7 Å². The zero-order chi connectivity index (χ0) is 20.4. The van der Waals surface area contributed by atoms with Gasteiger partial charge in [0, 0.05) is 41.7 Å². The van der Waals surface area contributed by atoms with Crippen molar-refractivity contribution in [2.75, 3.05) is 16.8 Å². The number of hydrogen-bond acceptors (Lipinski definition) is 6. The highest BCUT2D eigenvalue weighted by atomic mass is 32.1. The largest absolute Gasteiger partial charge is 0.312 e. The predicted octanol–water partition coefficient (Wildman–Crippen LogP) is 3.71. The second kappa shape index (κ2) is 7.80. The van der Waals surface area contributed by atoms with Crippen molar-refractivity contribution in [1.82, 2.24) is 4.98 Å². The van der Waals surface area contributed by atoms with E-state index in [0.717, 1.165) is 11.3 Å². The maximum Gasteiger partial charge on any atom is 0.269 e. The molecule has 3 aromatic rings. The normalized spacial score (nSPS) is 16.1. The van der Waals surface area contributed by atoms with Gasteiger partial charge in [0.15, 0.2) is 5.13 Å². The van der Waals surface area contributed by atoms with Crippen LogP contribution in [0, 0.1) is 16.0 Å². The van der Waals surface area contributed by atoms with Crippen LogP contribution in [0.5, 0.6) is 0 Å². The van der Waals surface area contributed by atoms with E-state index >= 15 is 0 Å². The summed E-state index contributed by atoms with van der Waals surface area (Å²) in [7, 11) is 0. The van der Waals surface area contributed by atoms with Crippen molar-refractivity contribution in [2.24, 2.45) is 5.92 Å². The van der Waals surface area contributed by atoms with Crippen LogP contribution in [0.4, 0.5) is 16.5 Å². The first-order valence-electron chi connectivity index (χ1n) is 8.88. The molecule has 1 atom stereocenters. The molecule has 4 rings (SSSR count). The number of rotatable bonds is 5. The molecule has 2 heterocycles. The van der Waals surface area contributed by atoms with E-state index in [9.17, 15) is 19.7 Å².